The van der Waals surface area contributed by atoms with Gasteiger partial charge in [0.05, 0.1) is 0 Å². The van der Waals surface area contributed by atoms with Gasteiger partial charge in [-0.15, -0.1) is 15.2 Å². The molecule has 0 saturated carbocycles. The van der Waals surface area contributed by atoms with Gasteiger partial charge in [0.25, 0.3) is 0 Å². The molecule has 0 saturated heterocycles. The molecule has 1 atom stereocenters. The van der Waals surface area contributed by atoms with E-state index >= 15 is 0 Å². The Kier molecular flexibility index (Phi) is 12.3. The number of ether oxygens (including phenoxy) is 1. The van der Waals surface area contributed by atoms with Gasteiger partial charge < -0.3 is 4.74 Å². The summed E-state index contributed by atoms with van der Waals surface area (Å²) in [5.74, 6) is 0. The normalized spacial score (nSPS) is 11.2. The van der Waals surface area contributed by atoms with Crippen molar-refractivity contribution < 1.29 is 4.74 Å². The van der Waals surface area contributed by atoms with Gasteiger partial charge in [0, 0.05) is 13.2 Å². The molecule has 13 heavy (non-hydrogen) atoms. The molecule has 0 fully saturated rings. The van der Waals surface area contributed by atoms with Crippen LogP contribution in [0, 0.1) is 0 Å². The first-order valence-corrected chi connectivity index (χ1v) is 6.72. The van der Waals surface area contributed by atoms with Gasteiger partial charge in [-0.05, 0) is 38.0 Å². The van der Waals surface area contributed by atoms with Gasteiger partial charge in [-0.25, -0.2) is 0 Å². The third-order valence-corrected chi connectivity index (χ3v) is 3.17. The monoisotopic (exact) mass is 202 g/mol. The van der Waals surface area contributed by atoms with Crippen LogP contribution < -0.4 is 0 Å². The summed E-state index contributed by atoms with van der Waals surface area (Å²) in [6, 6.07) is 0. The van der Waals surface area contributed by atoms with E-state index in [0.29, 0.717) is 0 Å². The van der Waals surface area contributed by atoms with Crippen molar-refractivity contribution >= 4 is 8.58 Å². The van der Waals surface area contributed by atoms with Crippen molar-refractivity contribution in [3.05, 3.63) is 12.7 Å². The second-order valence-electron chi connectivity index (χ2n) is 3.15. The second kappa shape index (κ2) is 12.1. The van der Waals surface area contributed by atoms with Gasteiger partial charge in [0.15, 0.2) is 0 Å². The van der Waals surface area contributed by atoms with E-state index in [2.05, 4.69) is 13.5 Å². The lowest BCUT2D eigenvalue weighted by molar-refractivity contribution is 0.136. The molecule has 0 bridgehead atoms. The van der Waals surface area contributed by atoms with Crippen LogP contribution in [-0.4, -0.2) is 25.5 Å². The summed E-state index contributed by atoms with van der Waals surface area (Å²) in [6.45, 7) is 7.75. The molecular weight excluding hydrogens is 179 g/mol. The molecular formula is C11H23OP. The minimum atomic E-state index is 0.930. The van der Waals surface area contributed by atoms with Gasteiger partial charge in [-0.3, -0.25) is 0 Å². The Bertz CT molecular complexity index is 104. The Morgan fingerprint density at radius 3 is 2.69 bits per heavy atom. The van der Waals surface area contributed by atoms with Crippen LogP contribution in [0.15, 0.2) is 12.7 Å². The molecule has 0 spiro atoms. The molecule has 0 aromatic heterocycles. The fourth-order valence-corrected chi connectivity index (χ4v) is 2.14. The molecule has 1 nitrogen and oxygen atoms in total. The quantitative estimate of drug-likeness (QED) is 0.299. The zero-order valence-corrected chi connectivity index (χ0v) is 9.85. The Hall–Kier alpha value is 0.130. The highest BCUT2D eigenvalue weighted by molar-refractivity contribution is 7.37. The molecule has 2 heteroatoms. The van der Waals surface area contributed by atoms with E-state index in [9.17, 15) is 0 Å². The Morgan fingerprint density at radius 1 is 1.23 bits per heavy atom. The minimum absolute atomic E-state index is 0.930. The number of hydrogen-bond donors (Lipinski definition) is 0. The third kappa shape index (κ3) is 12.1. The molecule has 0 heterocycles. The lowest BCUT2D eigenvalue weighted by atomic mass is 10.3. The highest BCUT2D eigenvalue weighted by Gasteiger charge is 1.89. The van der Waals surface area contributed by atoms with Gasteiger partial charge in [-0.2, -0.15) is 0 Å². The summed E-state index contributed by atoms with van der Waals surface area (Å²) in [7, 11) is 1.13. The topological polar surface area (TPSA) is 9.23 Å². The summed E-state index contributed by atoms with van der Waals surface area (Å²) < 4.78 is 5.40. The van der Waals surface area contributed by atoms with E-state index in [1.165, 1.54) is 31.6 Å². The molecule has 0 aromatic rings. The Balaban J connectivity index is 2.79. The molecule has 0 radical (unpaired) electrons. The number of rotatable bonds is 10. The SMILES string of the molecule is C=CCCCPCCCOCCC. The van der Waals surface area contributed by atoms with Crippen molar-refractivity contribution in [3.63, 3.8) is 0 Å². The van der Waals surface area contributed by atoms with Crippen molar-refractivity contribution in [1.29, 1.82) is 0 Å². The lowest BCUT2D eigenvalue weighted by Crippen LogP contribution is -1.96. The maximum Gasteiger partial charge on any atom is 0.0469 e. The summed E-state index contributed by atoms with van der Waals surface area (Å²) in [6.07, 6.45) is 9.61. The van der Waals surface area contributed by atoms with Gasteiger partial charge >= 0.3 is 0 Å². The van der Waals surface area contributed by atoms with Crippen LogP contribution in [-0.2, 0) is 4.74 Å². The molecule has 0 aliphatic carbocycles. The first kappa shape index (κ1) is 13.1. The first-order valence-electron chi connectivity index (χ1n) is 5.31. The number of hydrogen-bond acceptors (Lipinski definition) is 1. The highest BCUT2D eigenvalue weighted by Crippen LogP contribution is 2.13. The molecule has 78 valence electrons. The maximum absolute atomic E-state index is 5.40. The third-order valence-electron chi connectivity index (χ3n) is 1.75. The standard InChI is InChI=1S/C11H23OP/c1-3-5-6-10-13-11-7-9-12-8-4-2/h3,13H,1,4-11H2,2H3. The summed E-state index contributed by atoms with van der Waals surface area (Å²) in [4.78, 5) is 0. The Labute approximate surface area is 84.7 Å². The lowest BCUT2D eigenvalue weighted by Gasteiger charge is -2.02. The average Bonchev–Trinajstić information content (AvgIpc) is 2.16. The van der Waals surface area contributed by atoms with Crippen molar-refractivity contribution in [3.8, 4) is 0 Å². The van der Waals surface area contributed by atoms with E-state index < -0.39 is 0 Å². The average molecular weight is 202 g/mol. The van der Waals surface area contributed by atoms with E-state index in [1.807, 2.05) is 6.08 Å². The van der Waals surface area contributed by atoms with E-state index in [0.717, 1.165) is 28.2 Å². The van der Waals surface area contributed by atoms with E-state index in [1.54, 1.807) is 0 Å². The van der Waals surface area contributed by atoms with Crippen molar-refractivity contribution in [2.45, 2.75) is 32.6 Å². The molecule has 0 aromatic carbocycles. The van der Waals surface area contributed by atoms with Crippen LogP contribution in [0.4, 0.5) is 0 Å². The number of allylic oxidation sites excluding steroid dienone is 1. The van der Waals surface area contributed by atoms with Gasteiger partial charge in [0.1, 0.15) is 0 Å². The van der Waals surface area contributed by atoms with Crippen LogP contribution in [0.3, 0.4) is 0 Å². The smallest absolute Gasteiger partial charge is 0.0469 e. The van der Waals surface area contributed by atoms with Crippen molar-refractivity contribution in [2.24, 2.45) is 0 Å². The van der Waals surface area contributed by atoms with Crippen LogP contribution >= 0.6 is 8.58 Å². The highest BCUT2D eigenvalue weighted by atomic mass is 31.1. The zero-order chi connectivity index (χ0) is 9.78. The zero-order valence-electron chi connectivity index (χ0n) is 8.85. The predicted molar refractivity (Wildman–Crippen MR) is 63.2 cm³/mol. The summed E-state index contributed by atoms with van der Waals surface area (Å²) in [5.41, 5.74) is 0. The van der Waals surface area contributed by atoms with Crippen LogP contribution in [0.25, 0.3) is 0 Å². The van der Waals surface area contributed by atoms with Crippen LogP contribution in [0.2, 0.25) is 0 Å². The summed E-state index contributed by atoms with van der Waals surface area (Å²) in [5, 5.41) is 0. The van der Waals surface area contributed by atoms with Gasteiger partial charge in [-0.1, -0.05) is 13.0 Å². The fourth-order valence-electron chi connectivity index (χ4n) is 1.04. The molecule has 0 aliphatic heterocycles. The van der Waals surface area contributed by atoms with E-state index in [4.69, 9.17) is 4.74 Å². The summed E-state index contributed by atoms with van der Waals surface area (Å²) >= 11 is 0. The molecule has 0 aliphatic rings. The van der Waals surface area contributed by atoms with Crippen LogP contribution in [0.5, 0.6) is 0 Å². The fraction of sp³-hybridized carbons (Fsp3) is 0.818. The van der Waals surface area contributed by atoms with E-state index in [-0.39, 0.29) is 0 Å². The molecule has 1 unspecified atom stereocenters. The molecule has 0 rings (SSSR count). The maximum atomic E-state index is 5.40. The largest absolute Gasteiger partial charge is 0.381 e. The minimum Gasteiger partial charge on any atom is -0.381 e. The van der Waals surface area contributed by atoms with Gasteiger partial charge in [0.2, 0.25) is 0 Å². The van der Waals surface area contributed by atoms with Crippen LogP contribution in [0.1, 0.15) is 32.6 Å². The predicted octanol–water partition coefficient (Wildman–Crippen LogP) is 3.45. The molecule has 0 amide bonds. The second-order valence-corrected chi connectivity index (χ2v) is 4.65. The van der Waals surface area contributed by atoms with Crippen molar-refractivity contribution in [2.75, 3.05) is 25.5 Å². The van der Waals surface area contributed by atoms with Crippen molar-refractivity contribution in [1.82, 2.24) is 0 Å². The molecule has 0 N–H and O–H groups in total. The Morgan fingerprint density at radius 2 is 2.00 bits per heavy atom. The first-order chi connectivity index (χ1) is 6.41. The number of unbranched alkanes of at least 4 members (excludes halogenated alkanes) is 1.